The van der Waals surface area contributed by atoms with Crippen LogP contribution in [0.25, 0.3) is 5.69 Å². The van der Waals surface area contributed by atoms with Gasteiger partial charge in [0.15, 0.2) is 5.11 Å². The number of thiocarbonyl (C=S) groups is 1. The molecule has 1 saturated heterocycles. The summed E-state index contributed by atoms with van der Waals surface area (Å²) in [5.41, 5.74) is 8.12. The van der Waals surface area contributed by atoms with Gasteiger partial charge in [0.2, 0.25) is 0 Å². The molecule has 4 aromatic rings. The number of hydrogen-bond acceptors (Lipinski definition) is 3. The summed E-state index contributed by atoms with van der Waals surface area (Å²) in [5.74, 6) is 0.853. The maximum atomic E-state index is 5.91. The number of benzene rings is 2. The first-order valence-corrected chi connectivity index (χ1v) is 12.9. The lowest BCUT2D eigenvalue weighted by molar-refractivity contribution is 0.340. The highest BCUT2D eigenvalue weighted by atomic mass is 32.1. The number of pyridine rings is 1. The van der Waals surface area contributed by atoms with Crippen molar-refractivity contribution in [2.24, 2.45) is 0 Å². The summed E-state index contributed by atoms with van der Waals surface area (Å²) in [6.45, 7) is 9.18. The van der Waals surface area contributed by atoms with E-state index >= 15 is 0 Å². The number of rotatable bonds is 7. The minimum atomic E-state index is -0.0818. The SMILES string of the molecule is CCOc1ccc(N2C(=S)N[C@@H](c3ccccn3)[C@H]2c2cc(C)n(-c3ccc(CC)cc3)c2C)cc1. The zero-order valence-electron chi connectivity index (χ0n) is 21.2. The molecule has 2 atom stereocenters. The van der Waals surface area contributed by atoms with Crippen LogP contribution >= 0.6 is 12.2 Å². The highest BCUT2D eigenvalue weighted by Crippen LogP contribution is 2.44. The molecule has 1 fully saturated rings. The van der Waals surface area contributed by atoms with Crippen molar-refractivity contribution in [2.45, 2.75) is 46.2 Å². The molecule has 2 aromatic carbocycles. The van der Waals surface area contributed by atoms with Gasteiger partial charge in [-0.05, 0) is 105 Å². The van der Waals surface area contributed by atoms with Gasteiger partial charge < -0.3 is 19.5 Å². The largest absolute Gasteiger partial charge is 0.494 e. The van der Waals surface area contributed by atoms with Crippen molar-refractivity contribution < 1.29 is 4.74 Å². The van der Waals surface area contributed by atoms with Crippen LogP contribution in [0.4, 0.5) is 5.69 Å². The summed E-state index contributed by atoms with van der Waals surface area (Å²) in [6, 6.07) is 25.2. The molecule has 0 amide bonds. The lowest BCUT2D eigenvalue weighted by atomic mass is 9.96. The molecule has 0 aliphatic carbocycles. The molecule has 2 aromatic heterocycles. The first kappa shape index (κ1) is 24.1. The standard InChI is InChI=1S/C30H32N4OS/c1-5-22-10-12-23(13-11-22)33-20(3)19-26(21(33)4)29-28(27-9-7-8-18-31-27)32-30(36)34(29)24-14-16-25(17-15-24)35-6-2/h7-19,28-29H,5-6H2,1-4H3,(H,32,36)/t28-,29+/m0/s1. The highest BCUT2D eigenvalue weighted by Gasteiger charge is 2.42. The maximum absolute atomic E-state index is 5.91. The fraction of sp³-hybridized carbons (Fsp3) is 0.267. The summed E-state index contributed by atoms with van der Waals surface area (Å²) in [4.78, 5) is 6.92. The first-order chi connectivity index (χ1) is 17.5. The van der Waals surface area contributed by atoms with Crippen LogP contribution in [0.1, 0.15) is 54.1 Å². The van der Waals surface area contributed by atoms with Gasteiger partial charge in [-0.25, -0.2) is 0 Å². The minimum absolute atomic E-state index is 0.0554. The van der Waals surface area contributed by atoms with Crippen LogP contribution in [0.2, 0.25) is 0 Å². The van der Waals surface area contributed by atoms with E-state index in [4.69, 9.17) is 21.9 Å². The van der Waals surface area contributed by atoms with E-state index < -0.39 is 0 Å². The topological polar surface area (TPSA) is 42.3 Å². The molecule has 184 valence electrons. The lowest BCUT2D eigenvalue weighted by Gasteiger charge is -2.28. The van der Waals surface area contributed by atoms with Crippen LogP contribution in [0.3, 0.4) is 0 Å². The number of nitrogens with zero attached hydrogens (tertiary/aromatic N) is 3. The average Bonchev–Trinajstić information content (AvgIpc) is 3.40. The molecule has 0 unspecified atom stereocenters. The Morgan fingerprint density at radius 2 is 1.67 bits per heavy atom. The number of nitrogens with one attached hydrogen (secondary N) is 1. The van der Waals surface area contributed by atoms with Gasteiger partial charge in [-0.15, -0.1) is 0 Å². The summed E-state index contributed by atoms with van der Waals surface area (Å²) in [6.07, 6.45) is 2.87. The second-order valence-corrected chi connectivity index (χ2v) is 9.49. The Morgan fingerprint density at radius 1 is 0.944 bits per heavy atom. The lowest BCUT2D eigenvalue weighted by Crippen LogP contribution is -2.29. The Labute approximate surface area is 218 Å². The Bertz CT molecular complexity index is 1350. The summed E-state index contributed by atoms with van der Waals surface area (Å²) >= 11 is 5.91. The van der Waals surface area contributed by atoms with Crippen molar-refractivity contribution in [1.82, 2.24) is 14.9 Å². The number of aromatic nitrogens is 2. The van der Waals surface area contributed by atoms with Crippen molar-refractivity contribution in [1.29, 1.82) is 0 Å². The first-order valence-electron chi connectivity index (χ1n) is 12.5. The summed E-state index contributed by atoms with van der Waals surface area (Å²) in [7, 11) is 0. The van der Waals surface area contributed by atoms with Gasteiger partial charge in [0, 0.05) is 29.0 Å². The number of anilines is 1. The molecule has 1 aliphatic heterocycles. The maximum Gasteiger partial charge on any atom is 0.174 e. The van der Waals surface area contributed by atoms with E-state index in [-0.39, 0.29) is 12.1 Å². The fourth-order valence-corrected chi connectivity index (χ4v) is 5.53. The molecule has 0 bridgehead atoms. The van der Waals surface area contributed by atoms with E-state index in [0.717, 1.165) is 23.6 Å². The predicted octanol–water partition coefficient (Wildman–Crippen LogP) is 6.63. The molecular formula is C30H32N4OS. The molecule has 6 heteroatoms. The third-order valence-corrected chi connectivity index (χ3v) is 7.23. The molecule has 3 heterocycles. The zero-order valence-corrected chi connectivity index (χ0v) is 22.0. The van der Waals surface area contributed by atoms with E-state index in [1.54, 1.807) is 0 Å². The van der Waals surface area contributed by atoms with Crippen LogP contribution in [0, 0.1) is 13.8 Å². The van der Waals surface area contributed by atoms with Gasteiger partial charge in [0.05, 0.1) is 24.4 Å². The van der Waals surface area contributed by atoms with Crippen LogP contribution < -0.4 is 15.0 Å². The monoisotopic (exact) mass is 496 g/mol. The zero-order chi connectivity index (χ0) is 25.2. The second-order valence-electron chi connectivity index (χ2n) is 9.11. The van der Waals surface area contributed by atoms with Gasteiger partial charge in [0.1, 0.15) is 5.75 Å². The van der Waals surface area contributed by atoms with Crippen LogP contribution in [0.5, 0.6) is 5.75 Å². The van der Waals surface area contributed by atoms with E-state index in [9.17, 15) is 0 Å². The molecule has 0 saturated carbocycles. The smallest absolute Gasteiger partial charge is 0.174 e. The quantitative estimate of drug-likeness (QED) is 0.291. The van der Waals surface area contributed by atoms with Gasteiger partial charge in [-0.3, -0.25) is 4.98 Å². The number of aryl methyl sites for hydroxylation is 2. The van der Waals surface area contributed by atoms with Gasteiger partial charge >= 0.3 is 0 Å². The predicted molar refractivity (Wildman–Crippen MR) is 150 cm³/mol. The van der Waals surface area contributed by atoms with E-state index in [1.165, 1.54) is 28.2 Å². The van der Waals surface area contributed by atoms with Crippen LogP contribution in [0.15, 0.2) is 79.0 Å². The molecule has 0 spiro atoms. The Hall–Kier alpha value is -3.64. The molecule has 1 N–H and O–H groups in total. The second kappa shape index (κ2) is 10.2. The molecule has 5 nitrogen and oxygen atoms in total. The number of hydrogen-bond donors (Lipinski definition) is 1. The fourth-order valence-electron chi connectivity index (χ4n) is 5.18. The van der Waals surface area contributed by atoms with E-state index in [0.29, 0.717) is 11.7 Å². The Balaban J connectivity index is 1.62. The average molecular weight is 497 g/mol. The molecular weight excluding hydrogens is 464 g/mol. The molecule has 1 aliphatic rings. The van der Waals surface area contributed by atoms with Crippen LogP contribution in [-0.4, -0.2) is 21.3 Å². The Morgan fingerprint density at radius 3 is 2.31 bits per heavy atom. The van der Waals surface area contributed by atoms with Crippen molar-refractivity contribution in [2.75, 3.05) is 11.5 Å². The van der Waals surface area contributed by atoms with Gasteiger partial charge in [0.25, 0.3) is 0 Å². The van der Waals surface area contributed by atoms with E-state index in [1.807, 2.05) is 37.4 Å². The van der Waals surface area contributed by atoms with Crippen molar-refractivity contribution in [3.63, 3.8) is 0 Å². The normalized spacial score (nSPS) is 17.3. The van der Waals surface area contributed by atoms with Gasteiger partial charge in [-0.1, -0.05) is 25.1 Å². The third kappa shape index (κ3) is 4.37. The molecule has 0 radical (unpaired) electrons. The highest BCUT2D eigenvalue weighted by molar-refractivity contribution is 7.80. The third-order valence-electron chi connectivity index (χ3n) is 6.92. The van der Waals surface area contributed by atoms with Crippen molar-refractivity contribution in [3.05, 3.63) is 107 Å². The van der Waals surface area contributed by atoms with Crippen LogP contribution in [-0.2, 0) is 6.42 Å². The van der Waals surface area contributed by atoms with Crippen molar-refractivity contribution >= 4 is 23.0 Å². The number of ether oxygens (including phenoxy) is 1. The van der Waals surface area contributed by atoms with E-state index in [2.05, 4.69) is 84.1 Å². The molecule has 36 heavy (non-hydrogen) atoms. The Kier molecular flexibility index (Phi) is 6.79. The van der Waals surface area contributed by atoms with Gasteiger partial charge in [-0.2, -0.15) is 0 Å². The molecule has 5 rings (SSSR count). The summed E-state index contributed by atoms with van der Waals surface area (Å²) < 4.78 is 8.01. The summed E-state index contributed by atoms with van der Waals surface area (Å²) in [5, 5.41) is 4.26. The van der Waals surface area contributed by atoms with Crippen molar-refractivity contribution in [3.8, 4) is 11.4 Å². The minimum Gasteiger partial charge on any atom is -0.494 e.